The van der Waals surface area contributed by atoms with E-state index in [1.54, 1.807) is 38.2 Å². The van der Waals surface area contributed by atoms with Crippen LogP contribution in [0, 0.1) is 5.92 Å². The van der Waals surface area contributed by atoms with E-state index in [1.807, 2.05) is 6.07 Å². The molecule has 2 rings (SSSR count). The summed E-state index contributed by atoms with van der Waals surface area (Å²) >= 11 is 6.36. The molecule has 1 aromatic rings. The van der Waals surface area contributed by atoms with Crippen LogP contribution in [0.1, 0.15) is 18.4 Å². The molecule has 0 aliphatic heterocycles. The van der Waals surface area contributed by atoms with E-state index in [9.17, 15) is 9.59 Å². The Hall–Kier alpha value is -2.27. The highest BCUT2D eigenvalue weighted by molar-refractivity contribution is 6.31. The summed E-state index contributed by atoms with van der Waals surface area (Å²) in [4.78, 5) is 24.9. The number of halogens is 1. The molecule has 6 heteroatoms. The molecule has 0 amide bonds. The molecule has 5 nitrogen and oxygen atoms in total. The predicted octanol–water partition coefficient (Wildman–Crippen LogP) is 2.82. The lowest BCUT2D eigenvalue weighted by Crippen LogP contribution is -2.36. The van der Waals surface area contributed by atoms with Gasteiger partial charge in [0.25, 0.3) is 0 Å². The maximum Gasteiger partial charge on any atom is 0.334 e. The van der Waals surface area contributed by atoms with E-state index in [0.717, 1.165) is 5.57 Å². The minimum absolute atomic E-state index is 0.403. The van der Waals surface area contributed by atoms with Crippen molar-refractivity contribution >= 4 is 23.5 Å². The second kappa shape index (κ2) is 7.53. The first-order valence-electron chi connectivity index (χ1n) is 7.46. The Labute approximate surface area is 146 Å². The van der Waals surface area contributed by atoms with Gasteiger partial charge in [0.2, 0.25) is 0 Å². The average molecular weight is 350 g/mol. The van der Waals surface area contributed by atoms with E-state index in [-0.39, 0.29) is 0 Å². The van der Waals surface area contributed by atoms with Gasteiger partial charge < -0.3 is 14.8 Å². The van der Waals surface area contributed by atoms with E-state index in [1.165, 1.54) is 14.2 Å². The summed E-state index contributed by atoms with van der Waals surface area (Å²) in [6, 6.07) is 7.15. The Balaban J connectivity index is 2.74. The second-order valence-corrected chi connectivity index (χ2v) is 5.85. The summed E-state index contributed by atoms with van der Waals surface area (Å²) in [5, 5.41) is 3.50. The molecule has 1 N–H and O–H groups in total. The molecule has 0 aromatic heterocycles. The Bertz CT molecular complexity index is 723. The Morgan fingerprint density at radius 3 is 2.38 bits per heavy atom. The van der Waals surface area contributed by atoms with Crippen LogP contribution in [0.5, 0.6) is 0 Å². The van der Waals surface area contributed by atoms with Crippen molar-refractivity contribution in [2.24, 2.45) is 5.92 Å². The molecule has 1 aliphatic rings. The van der Waals surface area contributed by atoms with Gasteiger partial charge >= 0.3 is 11.9 Å². The summed E-state index contributed by atoms with van der Waals surface area (Å²) < 4.78 is 9.91. The number of benzene rings is 1. The first-order chi connectivity index (χ1) is 11.5. The SMILES string of the molecule is CNC1=CC(C)=C(C(=O)OC)[C@H](c2ccccc2Cl)[C@H]1C(=O)OC. The zero-order valence-electron chi connectivity index (χ0n) is 14.1. The molecule has 1 aliphatic carbocycles. The van der Waals surface area contributed by atoms with Crippen molar-refractivity contribution in [3.8, 4) is 0 Å². The maximum atomic E-state index is 12.5. The molecule has 0 heterocycles. The number of nitrogens with one attached hydrogen (secondary N) is 1. The van der Waals surface area contributed by atoms with Gasteiger partial charge in [0, 0.05) is 29.3 Å². The fourth-order valence-electron chi connectivity index (χ4n) is 3.07. The Kier molecular flexibility index (Phi) is 5.67. The van der Waals surface area contributed by atoms with Crippen LogP contribution in [-0.2, 0) is 19.1 Å². The van der Waals surface area contributed by atoms with Crippen molar-refractivity contribution in [2.75, 3.05) is 21.3 Å². The number of esters is 2. The van der Waals surface area contributed by atoms with Gasteiger partial charge in [0.15, 0.2) is 0 Å². The van der Waals surface area contributed by atoms with Crippen molar-refractivity contribution in [2.45, 2.75) is 12.8 Å². The van der Waals surface area contributed by atoms with Gasteiger partial charge in [-0.15, -0.1) is 0 Å². The van der Waals surface area contributed by atoms with Crippen molar-refractivity contribution < 1.29 is 19.1 Å². The summed E-state index contributed by atoms with van der Waals surface area (Å²) in [6.45, 7) is 1.81. The lowest BCUT2D eigenvalue weighted by Gasteiger charge is -2.33. The molecule has 0 unspecified atom stereocenters. The van der Waals surface area contributed by atoms with Gasteiger partial charge in [0.05, 0.1) is 14.2 Å². The Morgan fingerprint density at radius 2 is 1.83 bits per heavy atom. The van der Waals surface area contributed by atoms with Gasteiger partial charge in [-0.25, -0.2) is 4.79 Å². The molecular weight excluding hydrogens is 330 g/mol. The molecule has 0 saturated heterocycles. The number of hydrogen-bond acceptors (Lipinski definition) is 5. The fourth-order valence-corrected chi connectivity index (χ4v) is 3.32. The van der Waals surface area contributed by atoms with Crippen LogP contribution in [-0.4, -0.2) is 33.2 Å². The lowest BCUT2D eigenvalue weighted by atomic mass is 9.73. The number of carbonyl (C=O) groups excluding carboxylic acids is 2. The summed E-state index contributed by atoms with van der Waals surface area (Å²) in [5.74, 6) is -2.24. The second-order valence-electron chi connectivity index (χ2n) is 5.44. The van der Waals surface area contributed by atoms with E-state index >= 15 is 0 Å². The first-order valence-corrected chi connectivity index (χ1v) is 7.84. The van der Waals surface area contributed by atoms with Gasteiger partial charge in [-0.1, -0.05) is 29.8 Å². The van der Waals surface area contributed by atoms with Crippen LogP contribution in [0.4, 0.5) is 0 Å². The van der Waals surface area contributed by atoms with E-state index < -0.39 is 23.8 Å². The third-order valence-corrected chi connectivity index (χ3v) is 4.51. The lowest BCUT2D eigenvalue weighted by molar-refractivity contribution is -0.145. The molecule has 2 atom stereocenters. The number of allylic oxidation sites excluding steroid dienone is 2. The van der Waals surface area contributed by atoms with E-state index in [2.05, 4.69) is 5.32 Å². The van der Waals surface area contributed by atoms with Crippen molar-refractivity contribution in [1.29, 1.82) is 0 Å². The normalized spacial score (nSPS) is 20.3. The van der Waals surface area contributed by atoms with Crippen LogP contribution < -0.4 is 5.32 Å². The standard InChI is InChI=1S/C18H20ClNO4/c1-10-9-13(20-2)16(18(22)24-4)15(14(10)17(21)23-3)11-7-5-6-8-12(11)19/h5-9,15-16,20H,1-4H3/t15-,16-/m0/s1. The summed E-state index contributed by atoms with van der Waals surface area (Å²) in [7, 11) is 4.36. The fraction of sp³-hybridized carbons (Fsp3) is 0.333. The molecule has 24 heavy (non-hydrogen) atoms. The Morgan fingerprint density at radius 1 is 1.17 bits per heavy atom. The quantitative estimate of drug-likeness (QED) is 0.847. The first kappa shape index (κ1) is 18.1. The zero-order chi connectivity index (χ0) is 17.9. The van der Waals surface area contributed by atoms with Gasteiger partial charge in [-0.05, 0) is 30.2 Å². The van der Waals surface area contributed by atoms with Crippen LogP contribution >= 0.6 is 11.6 Å². The molecule has 0 spiro atoms. The summed E-state index contributed by atoms with van der Waals surface area (Å²) in [6.07, 6.45) is 1.77. The van der Waals surface area contributed by atoms with Gasteiger partial charge in [0.1, 0.15) is 5.92 Å². The van der Waals surface area contributed by atoms with Crippen molar-refractivity contribution in [1.82, 2.24) is 5.32 Å². The van der Waals surface area contributed by atoms with Crippen molar-refractivity contribution in [3.63, 3.8) is 0 Å². The number of ether oxygens (including phenoxy) is 2. The minimum atomic E-state index is -0.710. The molecule has 128 valence electrons. The van der Waals surface area contributed by atoms with Gasteiger partial charge in [-0.2, -0.15) is 0 Å². The average Bonchev–Trinajstić information content (AvgIpc) is 2.59. The molecule has 1 aromatic carbocycles. The third-order valence-electron chi connectivity index (χ3n) is 4.17. The topological polar surface area (TPSA) is 64.6 Å². The minimum Gasteiger partial charge on any atom is -0.468 e. The smallest absolute Gasteiger partial charge is 0.334 e. The van der Waals surface area contributed by atoms with Crippen LogP contribution in [0.3, 0.4) is 0 Å². The highest BCUT2D eigenvalue weighted by atomic mass is 35.5. The van der Waals surface area contributed by atoms with Crippen LogP contribution in [0.15, 0.2) is 47.2 Å². The van der Waals surface area contributed by atoms with Crippen LogP contribution in [0.25, 0.3) is 0 Å². The predicted molar refractivity (Wildman–Crippen MR) is 91.6 cm³/mol. The number of carbonyl (C=O) groups is 2. The highest BCUT2D eigenvalue weighted by Crippen LogP contribution is 2.44. The number of rotatable bonds is 4. The summed E-state index contributed by atoms with van der Waals surface area (Å²) in [5.41, 5.74) is 2.46. The highest BCUT2D eigenvalue weighted by Gasteiger charge is 2.42. The van der Waals surface area contributed by atoms with E-state index in [4.69, 9.17) is 21.1 Å². The number of methoxy groups -OCH3 is 2. The molecule has 0 fully saturated rings. The molecule has 0 radical (unpaired) electrons. The number of hydrogen-bond donors (Lipinski definition) is 1. The molecule has 0 bridgehead atoms. The largest absolute Gasteiger partial charge is 0.468 e. The third kappa shape index (κ3) is 3.17. The zero-order valence-corrected chi connectivity index (χ0v) is 14.8. The molecule has 0 saturated carbocycles. The maximum absolute atomic E-state index is 12.5. The monoisotopic (exact) mass is 349 g/mol. The van der Waals surface area contributed by atoms with Crippen molar-refractivity contribution in [3.05, 3.63) is 57.8 Å². The van der Waals surface area contributed by atoms with Gasteiger partial charge in [-0.3, -0.25) is 4.79 Å². The van der Waals surface area contributed by atoms with Crippen LogP contribution in [0.2, 0.25) is 5.02 Å². The van der Waals surface area contributed by atoms with E-state index in [0.29, 0.717) is 21.9 Å². The molecular formula is C18H20ClNO4.